The van der Waals surface area contributed by atoms with E-state index in [1.807, 2.05) is 29.2 Å². The minimum absolute atomic E-state index is 0.0790. The Morgan fingerprint density at radius 1 is 0.773 bits per heavy atom. The predicted molar refractivity (Wildman–Crippen MR) is 173 cm³/mol. The molecule has 0 saturated carbocycles. The highest BCUT2D eigenvalue weighted by Gasteiger charge is 2.29. The fraction of sp³-hybridized carbons (Fsp3) is 0.182. The molecular weight excluding hydrogens is 576 g/mol. The van der Waals surface area contributed by atoms with Crippen LogP contribution < -0.4 is 25.8 Å². The first-order valence-electron chi connectivity index (χ1n) is 14.0. The third-order valence-corrected chi connectivity index (χ3v) is 8.23. The molecule has 0 atom stereocenters. The molecule has 5 rings (SSSR count). The number of anilines is 5. The number of piperazine rings is 1. The van der Waals surface area contributed by atoms with Crippen LogP contribution in [0.4, 0.5) is 27.8 Å². The van der Waals surface area contributed by atoms with Gasteiger partial charge in [-0.3, -0.25) is 19.2 Å². The molecule has 11 heteroatoms. The molecule has 1 fully saturated rings. The number of nitrogens with one attached hydrogen (secondary N) is 3. The number of rotatable bonds is 9. The van der Waals surface area contributed by atoms with E-state index in [2.05, 4.69) is 39.1 Å². The number of Topliss-reactive ketones (excluding diaryl/α,β-unsaturated/α-hetero) is 1. The summed E-state index contributed by atoms with van der Waals surface area (Å²) in [4.78, 5) is 55.0. The van der Waals surface area contributed by atoms with Gasteiger partial charge in [0.2, 0.25) is 5.91 Å². The normalized spacial score (nSPS) is 12.6. The van der Waals surface area contributed by atoms with E-state index in [0.717, 1.165) is 17.0 Å². The van der Waals surface area contributed by atoms with Crippen molar-refractivity contribution in [2.24, 2.45) is 0 Å². The Hall–Kier alpha value is -5.47. The Kier molecular flexibility index (Phi) is 9.32. The zero-order valence-electron chi connectivity index (χ0n) is 24.0. The molecule has 0 unspecified atom stereocenters. The molecule has 2 heterocycles. The lowest BCUT2D eigenvalue weighted by Crippen LogP contribution is -2.46. The maximum Gasteiger partial charge on any atom is 0.268 e. The zero-order chi connectivity index (χ0) is 31.1. The summed E-state index contributed by atoms with van der Waals surface area (Å²) >= 11 is 1.12. The summed E-state index contributed by atoms with van der Waals surface area (Å²) in [7, 11) is 0. The van der Waals surface area contributed by atoms with Crippen molar-refractivity contribution in [1.82, 2.24) is 0 Å². The van der Waals surface area contributed by atoms with Gasteiger partial charge in [0.05, 0.1) is 12.1 Å². The van der Waals surface area contributed by atoms with Crippen molar-refractivity contribution in [3.63, 3.8) is 0 Å². The average molecular weight is 607 g/mol. The van der Waals surface area contributed by atoms with Gasteiger partial charge in [0, 0.05) is 48.8 Å². The van der Waals surface area contributed by atoms with Crippen molar-refractivity contribution >= 4 is 62.6 Å². The van der Waals surface area contributed by atoms with Crippen LogP contribution in [0.1, 0.15) is 38.9 Å². The summed E-state index contributed by atoms with van der Waals surface area (Å²) in [5.41, 5.74) is 2.74. The fourth-order valence-electron chi connectivity index (χ4n) is 4.90. The quantitative estimate of drug-likeness (QED) is 0.218. The van der Waals surface area contributed by atoms with E-state index < -0.39 is 11.8 Å². The number of thiophene rings is 1. The van der Waals surface area contributed by atoms with Crippen molar-refractivity contribution in [3.05, 3.63) is 101 Å². The molecule has 1 saturated heterocycles. The van der Waals surface area contributed by atoms with E-state index in [9.17, 15) is 24.4 Å². The number of carbonyl (C=O) groups is 4. The van der Waals surface area contributed by atoms with E-state index >= 15 is 0 Å². The van der Waals surface area contributed by atoms with Gasteiger partial charge in [-0.1, -0.05) is 42.5 Å². The number of benzene rings is 3. The summed E-state index contributed by atoms with van der Waals surface area (Å²) < 4.78 is 0. The van der Waals surface area contributed by atoms with Crippen molar-refractivity contribution in [1.29, 1.82) is 5.26 Å². The number of nitriles is 1. The maximum atomic E-state index is 13.7. The number of para-hydroxylation sites is 1. The minimum Gasteiger partial charge on any atom is -0.368 e. The predicted octanol–water partition coefficient (Wildman–Crippen LogP) is 5.37. The van der Waals surface area contributed by atoms with Crippen LogP contribution in [0.5, 0.6) is 0 Å². The average Bonchev–Trinajstić information content (AvgIpc) is 3.39. The van der Waals surface area contributed by atoms with E-state index in [-0.39, 0.29) is 34.2 Å². The van der Waals surface area contributed by atoms with Gasteiger partial charge in [0.25, 0.3) is 11.8 Å². The van der Waals surface area contributed by atoms with Crippen LogP contribution in [-0.2, 0) is 9.59 Å². The first-order chi connectivity index (χ1) is 21.3. The van der Waals surface area contributed by atoms with Crippen LogP contribution >= 0.6 is 11.3 Å². The van der Waals surface area contributed by atoms with Crippen molar-refractivity contribution in [2.45, 2.75) is 13.3 Å². The molecule has 10 nitrogen and oxygen atoms in total. The molecule has 1 aliphatic rings. The number of hydrogen-bond donors (Lipinski definition) is 3. The Morgan fingerprint density at radius 2 is 1.36 bits per heavy atom. The van der Waals surface area contributed by atoms with E-state index in [1.54, 1.807) is 48.5 Å². The van der Waals surface area contributed by atoms with E-state index in [0.29, 0.717) is 48.1 Å². The Labute approximate surface area is 258 Å². The summed E-state index contributed by atoms with van der Waals surface area (Å²) in [5.74, 6) is -1.77. The molecule has 0 spiro atoms. The molecule has 1 aromatic heterocycles. The largest absolute Gasteiger partial charge is 0.368 e. The summed E-state index contributed by atoms with van der Waals surface area (Å²) in [6, 6.07) is 27.7. The molecule has 1 aliphatic heterocycles. The highest BCUT2D eigenvalue weighted by molar-refractivity contribution is 7.19. The lowest BCUT2D eigenvalue weighted by atomic mass is 10.2. The SMILES string of the molecule is CC(=O)CC(=O)Nc1c(C(=O)Nc2cccc(NC(=O)c3ccccc3)c2)sc(N2CCN(c3ccccc3)CC2)c1C#N. The van der Waals surface area contributed by atoms with Gasteiger partial charge in [0.15, 0.2) is 0 Å². The molecule has 3 amide bonds. The van der Waals surface area contributed by atoms with E-state index in [1.165, 1.54) is 6.92 Å². The second-order valence-corrected chi connectivity index (χ2v) is 11.2. The summed E-state index contributed by atoms with van der Waals surface area (Å²) in [6.07, 6.45) is -0.379. The Bertz CT molecular complexity index is 1720. The third kappa shape index (κ3) is 7.11. The summed E-state index contributed by atoms with van der Waals surface area (Å²) in [6.45, 7) is 3.93. The second kappa shape index (κ2) is 13.7. The fourth-order valence-corrected chi connectivity index (χ4v) is 6.05. The van der Waals surface area contributed by atoms with Crippen LogP contribution in [0.15, 0.2) is 84.9 Å². The van der Waals surface area contributed by atoms with Gasteiger partial charge in [-0.25, -0.2) is 0 Å². The Balaban J connectivity index is 1.38. The van der Waals surface area contributed by atoms with E-state index in [4.69, 9.17) is 0 Å². The molecule has 0 bridgehead atoms. The van der Waals surface area contributed by atoms with Crippen LogP contribution in [0, 0.1) is 11.3 Å². The number of carbonyl (C=O) groups excluding carboxylic acids is 4. The minimum atomic E-state index is -0.605. The number of hydrogen-bond acceptors (Lipinski definition) is 8. The highest BCUT2D eigenvalue weighted by atomic mass is 32.1. The second-order valence-electron chi connectivity index (χ2n) is 10.2. The van der Waals surface area contributed by atoms with Gasteiger partial charge in [-0.2, -0.15) is 5.26 Å². The number of ketones is 1. The molecule has 3 aromatic carbocycles. The van der Waals surface area contributed by atoms with Crippen LogP contribution in [0.2, 0.25) is 0 Å². The lowest BCUT2D eigenvalue weighted by Gasteiger charge is -2.36. The first kappa shape index (κ1) is 30.0. The highest BCUT2D eigenvalue weighted by Crippen LogP contribution is 2.41. The lowest BCUT2D eigenvalue weighted by molar-refractivity contribution is -0.124. The Morgan fingerprint density at radius 3 is 1.98 bits per heavy atom. The van der Waals surface area contributed by atoms with Crippen molar-refractivity contribution in [2.75, 3.05) is 51.9 Å². The van der Waals surface area contributed by atoms with Crippen molar-refractivity contribution < 1.29 is 19.2 Å². The third-order valence-electron chi connectivity index (χ3n) is 6.98. The van der Waals surface area contributed by atoms with Crippen LogP contribution in [0.25, 0.3) is 0 Å². The molecule has 222 valence electrons. The molecule has 3 N–H and O–H groups in total. The topological polar surface area (TPSA) is 135 Å². The standard InChI is InChI=1S/C33H30N6O4S/c1-22(40)19-28(41)37-29-27(21-34)33(39-17-15-38(16-18-39)26-13-6-3-7-14-26)44-30(29)32(43)36-25-12-8-11-24(20-25)35-31(42)23-9-4-2-5-10-23/h2-14,20H,15-19H2,1H3,(H,35,42)(H,36,43)(H,37,41). The maximum absolute atomic E-state index is 13.7. The summed E-state index contributed by atoms with van der Waals surface area (Å²) in [5, 5.41) is 19.1. The van der Waals surface area contributed by atoms with Gasteiger partial charge in [-0.05, 0) is 49.4 Å². The number of nitrogens with zero attached hydrogens (tertiary/aromatic N) is 3. The molecule has 44 heavy (non-hydrogen) atoms. The van der Waals surface area contributed by atoms with Gasteiger partial charge >= 0.3 is 0 Å². The van der Waals surface area contributed by atoms with Gasteiger partial charge in [-0.15, -0.1) is 11.3 Å². The smallest absolute Gasteiger partial charge is 0.268 e. The number of amides is 3. The van der Waals surface area contributed by atoms with Gasteiger partial charge in [0.1, 0.15) is 27.3 Å². The molecular formula is C33H30N6O4S. The van der Waals surface area contributed by atoms with Crippen LogP contribution in [0.3, 0.4) is 0 Å². The van der Waals surface area contributed by atoms with Gasteiger partial charge < -0.3 is 25.8 Å². The monoisotopic (exact) mass is 606 g/mol. The molecule has 0 aliphatic carbocycles. The molecule has 4 aromatic rings. The first-order valence-corrected chi connectivity index (χ1v) is 14.8. The van der Waals surface area contributed by atoms with Crippen molar-refractivity contribution in [3.8, 4) is 6.07 Å². The zero-order valence-corrected chi connectivity index (χ0v) is 24.8. The van der Waals surface area contributed by atoms with Crippen LogP contribution in [-0.4, -0.2) is 49.7 Å². The molecule has 0 radical (unpaired) electrons.